The van der Waals surface area contributed by atoms with Gasteiger partial charge in [-0.1, -0.05) is 13.8 Å². The number of hydrogen-bond donors (Lipinski definition) is 1. The van der Waals surface area contributed by atoms with Crippen LogP contribution in [0.5, 0.6) is 0 Å². The van der Waals surface area contributed by atoms with Crippen LogP contribution < -0.4 is 5.73 Å². The fraction of sp³-hybridized carbons (Fsp3) is 0.778. The molecule has 4 heteroatoms. The number of nitrogens with zero attached hydrogens (tertiary/aromatic N) is 1. The third kappa shape index (κ3) is 2.20. The molecule has 1 aliphatic rings. The lowest BCUT2D eigenvalue weighted by Gasteiger charge is -2.17. The van der Waals surface area contributed by atoms with E-state index in [0.717, 1.165) is 0 Å². The maximum Gasteiger partial charge on any atom is 0.225 e. The Morgan fingerprint density at radius 1 is 1.46 bits per heavy atom. The van der Waals surface area contributed by atoms with Crippen molar-refractivity contribution < 1.29 is 9.59 Å². The van der Waals surface area contributed by atoms with Crippen molar-refractivity contribution in [2.75, 3.05) is 13.1 Å². The van der Waals surface area contributed by atoms with Crippen LogP contribution in [0.2, 0.25) is 0 Å². The molecule has 13 heavy (non-hydrogen) atoms. The predicted molar refractivity (Wildman–Crippen MR) is 48.7 cm³/mol. The highest BCUT2D eigenvalue weighted by Crippen LogP contribution is 2.17. The van der Waals surface area contributed by atoms with E-state index < -0.39 is 0 Å². The molecule has 0 aromatic carbocycles. The van der Waals surface area contributed by atoms with Gasteiger partial charge in [0.05, 0.1) is 5.92 Å². The molecule has 1 heterocycles. The Labute approximate surface area is 78.1 Å². The number of nitrogens with two attached hydrogens (primary N) is 1. The summed E-state index contributed by atoms with van der Waals surface area (Å²) < 4.78 is 0. The van der Waals surface area contributed by atoms with E-state index in [0.29, 0.717) is 19.5 Å². The Balaban J connectivity index is 2.50. The number of amides is 2. The van der Waals surface area contributed by atoms with E-state index >= 15 is 0 Å². The van der Waals surface area contributed by atoms with Gasteiger partial charge in [0.2, 0.25) is 11.8 Å². The van der Waals surface area contributed by atoms with Crippen molar-refractivity contribution in [2.45, 2.75) is 20.3 Å². The molecule has 0 aromatic rings. The molecule has 1 fully saturated rings. The molecule has 1 aliphatic heterocycles. The third-order valence-electron chi connectivity index (χ3n) is 2.40. The first-order valence-electron chi connectivity index (χ1n) is 4.60. The second-order valence-corrected chi connectivity index (χ2v) is 3.83. The normalized spacial score (nSPS) is 22.4. The van der Waals surface area contributed by atoms with Crippen LogP contribution in [0.25, 0.3) is 0 Å². The van der Waals surface area contributed by atoms with E-state index in [1.807, 2.05) is 13.8 Å². The zero-order chi connectivity index (χ0) is 10.0. The highest BCUT2D eigenvalue weighted by atomic mass is 16.2. The summed E-state index contributed by atoms with van der Waals surface area (Å²) in [5, 5.41) is 0. The van der Waals surface area contributed by atoms with E-state index in [9.17, 15) is 9.59 Å². The van der Waals surface area contributed by atoms with Crippen LogP contribution in [0, 0.1) is 11.8 Å². The van der Waals surface area contributed by atoms with Crippen LogP contribution >= 0.6 is 0 Å². The minimum absolute atomic E-state index is 0.00614. The number of hydrogen-bond acceptors (Lipinski definition) is 2. The number of carbonyl (C=O) groups is 2. The van der Waals surface area contributed by atoms with Crippen molar-refractivity contribution in [3.63, 3.8) is 0 Å². The second-order valence-electron chi connectivity index (χ2n) is 3.83. The van der Waals surface area contributed by atoms with E-state index in [1.165, 1.54) is 0 Å². The van der Waals surface area contributed by atoms with Gasteiger partial charge in [-0.3, -0.25) is 9.59 Å². The zero-order valence-electron chi connectivity index (χ0n) is 8.12. The maximum absolute atomic E-state index is 11.5. The summed E-state index contributed by atoms with van der Waals surface area (Å²) in [6.07, 6.45) is 0.716. The lowest BCUT2D eigenvalue weighted by molar-refractivity contribution is -0.133. The van der Waals surface area contributed by atoms with Crippen LogP contribution in [-0.4, -0.2) is 29.8 Å². The molecular formula is C9H16N2O2. The molecule has 74 valence electrons. The van der Waals surface area contributed by atoms with Gasteiger partial charge in [0, 0.05) is 19.0 Å². The molecule has 2 amide bonds. The first kappa shape index (κ1) is 10.0. The molecule has 0 saturated carbocycles. The van der Waals surface area contributed by atoms with Gasteiger partial charge >= 0.3 is 0 Å². The highest BCUT2D eigenvalue weighted by Gasteiger charge is 2.30. The second kappa shape index (κ2) is 3.77. The maximum atomic E-state index is 11.5. The monoisotopic (exact) mass is 184 g/mol. The predicted octanol–water partition coefficient (Wildman–Crippen LogP) is -0.0238. The molecule has 1 rings (SSSR count). The summed E-state index contributed by atoms with van der Waals surface area (Å²) in [7, 11) is 0. The number of carbonyl (C=O) groups excluding carboxylic acids is 2. The van der Waals surface area contributed by atoms with E-state index in [-0.39, 0.29) is 23.7 Å². The van der Waals surface area contributed by atoms with Crippen LogP contribution in [-0.2, 0) is 9.59 Å². The van der Waals surface area contributed by atoms with Gasteiger partial charge in [-0.2, -0.15) is 0 Å². The quantitative estimate of drug-likeness (QED) is 0.655. The lowest BCUT2D eigenvalue weighted by Crippen LogP contribution is -2.34. The highest BCUT2D eigenvalue weighted by molar-refractivity contribution is 5.81. The minimum Gasteiger partial charge on any atom is -0.369 e. The lowest BCUT2D eigenvalue weighted by atomic mass is 10.1. The fourth-order valence-corrected chi connectivity index (χ4v) is 1.56. The van der Waals surface area contributed by atoms with Crippen LogP contribution in [0.1, 0.15) is 20.3 Å². The third-order valence-corrected chi connectivity index (χ3v) is 2.40. The average molecular weight is 184 g/mol. The first-order chi connectivity index (χ1) is 6.02. The smallest absolute Gasteiger partial charge is 0.225 e. The first-order valence-corrected chi connectivity index (χ1v) is 4.60. The summed E-state index contributed by atoms with van der Waals surface area (Å²) >= 11 is 0. The molecule has 2 N–H and O–H groups in total. The van der Waals surface area contributed by atoms with Crippen molar-refractivity contribution in [1.29, 1.82) is 0 Å². The van der Waals surface area contributed by atoms with E-state index in [2.05, 4.69) is 0 Å². The minimum atomic E-state index is -0.293. The van der Waals surface area contributed by atoms with E-state index in [4.69, 9.17) is 5.73 Å². The van der Waals surface area contributed by atoms with Gasteiger partial charge in [-0.25, -0.2) is 0 Å². The summed E-state index contributed by atoms with van der Waals surface area (Å²) in [5.41, 5.74) is 5.16. The molecule has 1 atom stereocenters. The molecule has 0 aliphatic carbocycles. The Morgan fingerprint density at radius 3 is 2.46 bits per heavy atom. The molecule has 0 spiro atoms. The molecule has 0 unspecified atom stereocenters. The molecule has 0 bridgehead atoms. The fourth-order valence-electron chi connectivity index (χ4n) is 1.56. The van der Waals surface area contributed by atoms with Gasteiger partial charge < -0.3 is 10.6 Å². The standard InChI is InChI=1S/C9H16N2O2/c1-6(2)9(13)11-4-3-7(5-11)8(10)12/h6-7H,3-5H2,1-2H3,(H2,10,12)/t7-/m1/s1. The molecule has 1 saturated heterocycles. The van der Waals surface area contributed by atoms with Crippen molar-refractivity contribution >= 4 is 11.8 Å². The number of rotatable bonds is 2. The Hall–Kier alpha value is -1.06. The van der Waals surface area contributed by atoms with Crippen molar-refractivity contribution in [3.05, 3.63) is 0 Å². The van der Waals surface area contributed by atoms with Gasteiger partial charge in [0.1, 0.15) is 0 Å². The van der Waals surface area contributed by atoms with Crippen LogP contribution in [0.3, 0.4) is 0 Å². The molecule has 4 nitrogen and oxygen atoms in total. The summed E-state index contributed by atoms with van der Waals surface area (Å²) in [6.45, 7) is 4.90. The van der Waals surface area contributed by atoms with Crippen LogP contribution in [0.15, 0.2) is 0 Å². The molecular weight excluding hydrogens is 168 g/mol. The van der Waals surface area contributed by atoms with Gasteiger partial charge in [-0.05, 0) is 6.42 Å². The van der Waals surface area contributed by atoms with Gasteiger partial charge in [-0.15, -0.1) is 0 Å². The number of primary amides is 1. The van der Waals surface area contributed by atoms with Crippen molar-refractivity contribution in [2.24, 2.45) is 17.6 Å². The summed E-state index contributed by atoms with van der Waals surface area (Å²) in [5.74, 6) is -0.308. The Bertz CT molecular complexity index is 226. The average Bonchev–Trinajstić information content (AvgIpc) is 2.50. The molecule has 0 aromatic heterocycles. The largest absolute Gasteiger partial charge is 0.369 e. The van der Waals surface area contributed by atoms with Crippen molar-refractivity contribution in [1.82, 2.24) is 4.90 Å². The van der Waals surface area contributed by atoms with E-state index in [1.54, 1.807) is 4.90 Å². The topological polar surface area (TPSA) is 63.4 Å². The van der Waals surface area contributed by atoms with Gasteiger partial charge in [0.25, 0.3) is 0 Å². The Morgan fingerprint density at radius 2 is 2.08 bits per heavy atom. The SMILES string of the molecule is CC(C)C(=O)N1CC[C@@H](C(N)=O)C1. The van der Waals surface area contributed by atoms with Crippen LogP contribution in [0.4, 0.5) is 0 Å². The van der Waals surface area contributed by atoms with Gasteiger partial charge in [0.15, 0.2) is 0 Å². The molecule has 0 radical (unpaired) electrons. The summed E-state index contributed by atoms with van der Waals surface area (Å²) in [6, 6.07) is 0. The number of likely N-dealkylation sites (tertiary alicyclic amines) is 1. The summed E-state index contributed by atoms with van der Waals surface area (Å²) in [4.78, 5) is 24.0. The Kier molecular flexibility index (Phi) is 2.90. The zero-order valence-corrected chi connectivity index (χ0v) is 8.12. The van der Waals surface area contributed by atoms with Crippen molar-refractivity contribution in [3.8, 4) is 0 Å².